The maximum atomic E-state index is 13.4. The van der Waals surface area contributed by atoms with E-state index in [1.165, 1.54) is 6.07 Å². The molecule has 0 radical (unpaired) electrons. The Bertz CT molecular complexity index is 419. The Balaban J connectivity index is 2.12. The predicted molar refractivity (Wildman–Crippen MR) is 76.3 cm³/mol. The number of ether oxygens (including phenoxy) is 1. The molecule has 0 amide bonds. The van der Waals surface area contributed by atoms with E-state index in [4.69, 9.17) is 16.3 Å². The van der Waals surface area contributed by atoms with E-state index in [0.29, 0.717) is 17.6 Å². The number of benzene rings is 1. The molecule has 0 aromatic heterocycles. The van der Waals surface area contributed by atoms with Gasteiger partial charge in [-0.05, 0) is 37.4 Å². The fraction of sp³-hybridized carbons (Fsp3) is 0.600. The van der Waals surface area contributed by atoms with E-state index in [2.05, 4.69) is 19.2 Å². The van der Waals surface area contributed by atoms with Crippen LogP contribution in [0.4, 0.5) is 4.39 Å². The Hall–Kier alpha value is -0.800. The molecule has 106 valence electrons. The molecule has 1 heterocycles. The number of hydrogen-bond donors (Lipinski definition) is 1. The largest absolute Gasteiger partial charge is 0.488 e. The van der Waals surface area contributed by atoms with Crippen LogP contribution in [-0.4, -0.2) is 19.2 Å². The van der Waals surface area contributed by atoms with Gasteiger partial charge in [-0.25, -0.2) is 4.39 Å². The lowest BCUT2D eigenvalue weighted by atomic mass is 9.93. The number of halogens is 2. The lowest BCUT2D eigenvalue weighted by Gasteiger charge is -2.26. The van der Waals surface area contributed by atoms with Gasteiger partial charge < -0.3 is 10.1 Å². The monoisotopic (exact) mass is 285 g/mol. The maximum absolute atomic E-state index is 13.4. The average molecular weight is 286 g/mol. The third-order valence-electron chi connectivity index (χ3n) is 3.52. The second-order valence-corrected chi connectivity index (χ2v) is 5.97. The molecule has 0 spiro atoms. The molecule has 19 heavy (non-hydrogen) atoms. The number of rotatable bonds is 5. The molecule has 1 aliphatic heterocycles. The summed E-state index contributed by atoms with van der Waals surface area (Å²) in [6.07, 6.45) is 2.15. The van der Waals surface area contributed by atoms with Crippen LogP contribution in [0.5, 0.6) is 5.75 Å². The standard InChI is InChI=1S/C15H21ClFNO/c1-10(2)8-14(11-6-7-18-9-11)19-13-5-3-4-12(17)15(13)16/h3-5,10-11,14,18H,6-9H2,1-2H3/t11-,14+/m0/s1. The lowest BCUT2D eigenvalue weighted by Crippen LogP contribution is -2.30. The molecule has 0 saturated carbocycles. The molecule has 1 N–H and O–H groups in total. The maximum Gasteiger partial charge on any atom is 0.145 e. The van der Waals surface area contributed by atoms with Crippen molar-refractivity contribution < 1.29 is 9.13 Å². The molecule has 0 unspecified atom stereocenters. The van der Waals surface area contributed by atoms with Crippen LogP contribution < -0.4 is 10.1 Å². The summed E-state index contributed by atoms with van der Waals surface area (Å²) in [5.74, 6) is 1.05. The van der Waals surface area contributed by atoms with Crippen LogP contribution >= 0.6 is 11.6 Å². The normalized spacial score (nSPS) is 20.8. The van der Waals surface area contributed by atoms with Crippen molar-refractivity contribution in [2.75, 3.05) is 13.1 Å². The van der Waals surface area contributed by atoms with Gasteiger partial charge in [-0.2, -0.15) is 0 Å². The van der Waals surface area contributed by atoms with E-state index < -0.39 is 5.82 Å². The van der Waals surface area contributed by atoms with E-state index >= 15 is 0 Å². The van der Waals surface area contributed by atoms with Crippen LogP contribution in [0, 0.1) is 17.7 Å². The van der Waals surface area contributed by atoms with E-state index in [1.54, 1.807) is 12.1 Å². The molecule has 2 atom stereocenters. The lowest BCUT2D eigenvalue weighted by molar-refractivity contribution is 0.119. The Morgan fingerprint density at radius 3 is 2.89 bits per heavy atom. The van der Waals surface area contributed by atoms with Crippen molar-refractivity contribution in [2.24, 2.45) is 11.8 Å². The minimum absolute atomic E-state index is 0.0854. The van der Waals surface area contributed by atoms with Gasteiger partial charge in [0.1, 0.15) is 22.7 Å². The number of nitrogens with one attached hydrogen (secondary N) is 1. The van der Waals surface area contributed by atoms with Gasteiger partial charge in [0.2, 0.25) is 0 Å². The molecule has 2 rings (SSSR count). The van der Waals surface area contributed by atoms with Crippen molar-refractivity contribution in [3.05, 3.63) is 29.0 Å². The van der Waals surface area contributed by atoms with Gasteiger partial charge in [0.05, 0.1) is 0 Å². The van der Waals surface area contributed by atoms with Crippen molar-refractivity contribution in [3.8, 4) is 5.75 Å². The van der Waals surface area contributed by atoms with E-state index in [0.717, 1.165) is 25.9 Å². The highest BCUT2D eigenvalue weighted by molar-refractivity contribution is 6.32. The Kier molecular flexibility index (Phi) is 5.06. The minimum atomic E-state index is -0.424. The highest BCUT2D eigenvalue weighted by atomic mass is 35.5. The molecule has 1 aromatic rings. The first-order chi connectivity index (χ1) is 9.08. The summed E-state index contributed by atoms with van der Waals surface area (Å²) in [7, 11) is 0. The molecule has 1 saturated heterocycles. The summed E-state index contributed by atoms with van der Waals surface area (Å²) in [5, 5.41) is 3.44. The molecule has 2 nitrogen and oxygen atoms in total. The third-order valence-corrected chi connectivity index (χ3v) is 3.89. The van der Waals surface area contributed by atoms with Crippen LogP contribution in [0.1, 0.15) is 26.7 Å². The first kappa shape index (κ1) is 14.6. The Labute approximate surface area is 119 Å². The fourth-order valence-corrected chi connectivity index (χ4v) is 2.70. The molecule has 1 aliphatic rings. The van der Waals surface area contributed by atoms with Gasteiger partial charge in [-0.15, -0.1) is 0 Å². The second kappa shape index (κ2) is 6.58. The summed E-state index contributed by atoms with van der Waals surface area (Å²) in [6.45, 7) is 6.33. The summed E-state index contributed by atoms with van der Waals surface area (Å²) in [4.78, 5) is 0. The van der Waals surface area contributed by atoms with Crippen LogP contribution in [0.15, 0.2) is 18.2 Å². The van der Waals surface area contributed by atoms with Crippen molar-refractivity contribution in [2.45, 2.75) is 32.8 Å². The smallest absolute Gasteiger partial charge is 0.145 e. The van der Waals surface area contributed by atoms with Gasteiger partial charge in [0.25, 0.3) is 0 Å². The average Bonchev–Trinajstić information content (AvgIpc) is 2.87. The molecule has 0 bridgehead atoms. The Morgan fingerprint density at radius 2 is 2.26 bits per heavy atom. The van der Waals surface area contributed by atoms with Crippen molar-refractivity contribution >= 4 is 11.6 Å². The zero-order chi connectivity index (χ0) is 13.8. The van der Waals surface area contributed by atoms with E-state index in [1.807, 2.05) is 0 Å². The Morgan fingerprint density at radius 1 is 1.47 bits per heavy atom. The van der Waals surface area contributed by atoms with Crippen LogP contribution in [0.25, 0.3) is 0 Å². The van der Waals surface area contributed by atoms with Crippen molar-refractivity contribution in [3.63, 3.8) is 0 Å². The van der Waals surface area contributed by atoms with Crippen LogP contribution in [0.2, 0.25) is 5.02 Å². The predicted octanol–water partition coefficient (Wildman–Crippen LogP) is 3.88. The van der Waals surface area contributed by atoms with E-state index in [9.17, 15) is 4.39 Å². The van der Waals surface area contributed by atoms with Gasteiger partial charge in [0.15, 0.2) is 0 Å². The fourth-order valence-electron chi connectivity index (χ4n) is 2.53. The molecular weight excluding hydrogens is 265 g/mol. The topological polar surface area (TPSA) is 21.3 Å². The second-order valence-electron chi connectivity index (χ2n) is 5.59. The number of hydrogen-bond acceptors (Lipinski definition) is 2. The van der Waals surface area contributed by atoms with E-state index in [-0.39, 0.29) is 11.1 Å². The summed E-state index contributed by atoms with van der Waals surface area (Å²) < 4.78 is 19.5. The van der Waals surface area contributed by atoms with Crippen molar-refractivity contribution in [1.82, 2.24) is 5.32 Å². The van der Waals surface area contributed by atoms with Crippen molar-refractivity contribution in [1.29, 1.82) is 0 Å². The minimum Gasteiger partial charge on any atom is -0.488 e. The highest BCUT2D eigenvalue weighted by Gasteiger charge is 2.28. The molecule has 0 aliphatic carbocycles. The summed E-state index contributed by atoms with van der Waals surface area (Å²) in [6, 6.07) is 4.72. The zero-order valence-corrected chi connectivity index (χ0v) is 12.2. The van der Waals surface area contributed by atoms with Gasteiger partial charge in [0, 0.05) is 12.5 Å². The SMILES string of the molecule is CC(C)C[C@@H](Oc1cccc(F)c1Cl)[C@H]1CCNC1. The molecule has 4 heteroatoms. The summed E-state index contributed by atoms with van der Waals surface area (Å²) >= 11 is 5.96. The first-order valence-corrected chi connectivity index (χ1v) is 7.27. The molecule has 1 aromatic carbocycles. The third kappa shape index (κ3) is 3.83. The highest BCUT2D eigenvalue weighted by Crippen LogP contribution is 2.31. The first-order valence-electron chi connectivity index (χ1n) is 6.89. The quantitative estimate of drug-likeness (QED) is 0.886. The molecular formula is C15H21ClFNO. The van der Waals surface area contributed by atoms with Crippen LogP contribution in [-0.2, 0) is 0 Å². The summed E-state index contributed by atoms with van der Waals surface area (Å²) in [5.41, 5.74) is 0. The van der Waals surface area contributed by atoms with Gasteiger partial charge >= 0.3 is 0 Å². The van der Waals surface area contributed by atoms with Crippen LogP contribution in [0.3, 0.4) is 0 Å². The molecule has 1 fully saturated rings. The van der Waals surface area contributed by atoms with Gasteiger partial charge in [-0.3, -0.25) is 0 Å². The van der Waals surface area contributed by atoms with Gasteiger partial charge in [-0.1, -0.05) is 31.5 Å². The zero-order valence-electron chi connectivity index (χ0n) is 11.5.